The van der Waals surface area contributed by atoms with E-state index in [0.717, 1.165) is 0 Å². The summed E-state index contributed by atoms with van der Waals surface area (Å²) in [5.74, 6) is 0.489. The summed E-state index contributed by atoms with van der Waals surface area (Å²) < 4.78 is 5.17. The van der Waals surface area contributed by atoms with Crippen molar-refractivity contribution in [3.63, 3.8) is 0 Å². The van der Waals surface area contributed by atoms with Gasteiger partial charge in [0.2, 0.25) is 5.88 Å². The first-order valence-electron chi connectivity index (χ1n) is 4.26. The third-order valence-electron chi connectivity index (χ3n) is 2.20. The summed E-state index contributed by atoms with van der Waals surface area (Å²) in [4.78, 5) is 19.7. The average molecular weight is 186 g/mol. The summed E-state index contributed by atoms with van der Waals surface area (Å²) in [5.41, 5.74) is 0.598. The normalized spacial score (nSPS) is 16.4. The molecule has 0 atom stereocenters. The lowest BCUT2D eigenvalue weighted by molar-refractivity contribution is 0.104. The fourth-order valence-corrected chi connectivity index (χ4v) is 1.52. The molecule has 0 radical (unpaired) electrons. The fourth-order valence-electron chi connectivity index (χ4n) is 1.52. The summed E-state index contributed by atoms with van der Waals surface area (Å²) >= 11 is 0. The second kappa shape index (κ2) is 2.51. The molecule has 4 nitrogen and oxygen atoms in total. The van der Waals surface area contributed by atoms with E-state index in [2.05, 4.69) is 9.98 Å². The van der Waals surface area contributed by atoms with Gasteiger partial charge in [-0.1, -0.05) is 6.08 Å². The summed E-state index contributed by atoms with van der Waals surface area (Å²) in [6.07, 6.45) is 5.00. The maximum atomic E-state index is 11.5. The summed E-state index contributed by atoms with van der Waals surface area (Å²) in [5, 5.41) is 1.33. The lowest BCUT2D eigenvalue weighted by Crippen LogP contribution is -2.24. The first kappa shape index (κ1) is 7.44. The van der Waals surface area contributed by atoms with Gasteiger partial charge in [-0.2, -0.15) is 0 Å². The number of rotatable bonds is 0. The van der Waals surface area contributed by atoms with Gasteiger partial charge in [0.1, 0.15) is 5.36 Å². The van der Waals surface area contributed by atoms with Gasteiger partial charge in [0.25, 0.3) is 0 Å². The smallest absolute Gasteiger partial charge is 0.242 e. The second-order valence-electron chi connectivity index (χ2n) is 3.07. The molecule has 1 aliphatic heterocycles. The first-order chi connectivity index (χ1) is 6.84. The van der Waals surface area contributed by atoms with E-state index < -0.39 is 0 Å². The van der Waals surface area contributed by atoms with Crippen LogP contribution in [0, 0.1) is 0 Å². The molecule has 0 unspecified atom stereocenters. The highest BCUT2D eigenvalue weighted by atomic mass is 16.5. The number of aromatic nitrogens is 1. The van der Waals surface area contributed by atoms with E-state index in [-0.39, 0.29) is 5.78 Å². The summed E-state index contributed by atoms with van der Waals surface area (Å²) in [6.45, 7) is 0.298. The summed E-state index contributed by atoms with van der Waals surface area (Å²) in [6, 6.07) is 1.73. The van der Waals surface area contributed by atoms with Gasteiger partial charge in [0.15, 0.2) is 12.5 Å². The first-order valence-corrected chi connectivity index (χ1v) is 4.26. The molecule has 0 saturated heterocycles. The molecule has 68 valence electrons. The van der Waals surface area contributed by atoms with E-state index in [1.165, 1.54) is 6.08 Å². The molecule has 1 aromatic heterocycles. The molecule has 0 amide bonds. The van der Waals surface area contributed by atoms with Crippen molar-refractivity contribution in [1.82, 2.24) is 4.98 Å². The van der Waals surface area contributed by atoms with E-state index in [9.17, 15) is 4.79 Å². The Bertz CT molecular complexity index is 573. The van der Waals surface area contributed by atoms with E-state index >= 15 is 0 Å². The zero-order chi connectivity index (χ0) is 9.54. The minimum absolute atomic E-state index is 0.0279. The average Bonchev–Trinajstić information content (AvgIpc) is 2.62. The number of fused-ring (bicyclic) bond motifs is 2. The van der Waals surface area contributed by atoms with Crippen molar-refractivity contribution in [2.45, 2.75) is 0 Å². The molecule has 2 heterocycles. The minimum atomic E-state index is -0.0279. The standard InChI is InChI=1S/C10H6N2O2/c13-9-3-1-2-7-6(9)4-8-10(12-7)14-5-11-8/h1-4H,5H2. The van der Waals surface area contributed by atoms with E-state index in [4.69, 9.17) is 4.74 Å². The molecule has 2 aliphatic rings. The number of nitrogens with zero attached hydrogens (tertiary/aromatic N) is 2. The highest BCUT2D eigenvalue weighted by Gasteiger charge is 2.14. The van der Waals surface area contributed by atoms with Crippen LogP contribution in [0.4, 0.5) is 0 Å². The zero-order valence-corrected chi connectivity index (χ0v) is 7.23. The van der Waals surface area contributed by atoms with Crippen molar-refractivity contribution in [3.05, 3.63) is 34.5 Å². The van der Waals surface area contributed by atoms with Gasteiger partial charge in [-0.05, 0) is 18.2 Å². The van der Waals surface area contributed by atoms with Crippen LogP contribution in [0.2, 0.25) is 0 Å². The van der Waals surface area contributed by atoms with Gasteiger partial charge in [-0.3, -0.25) is 4.79 Å². The van der Waals surface area contributed by atoms with Crippen LogP contribution < -0.4 is 15.4 Å². The summed E-state index contributed by atoms with van der Waals surface area (Å²) in [7, 11) is 0. The Hall–Kier alpha value is -1.97. The highest BCUT2D eigenvalue weighted by Crippen LogP contribution is 2.04. The molecule has 0 aromatic carbocycles. The van der Waals surface area contributed by atoms with E-state index in [1.807, 2.05) is 0 Å². The van der Waals surface area contributed by atoms with Crippen LogP contribution in [0.1, 0.15) is 10.4 Å². The Balaban J connectivity index is 2.41. The van der Waals surface area contributed by atoms with Gasteiger partial charge in [0, 0.05) is 0 Å². The van der Waals surface area contributed by atoms with Crippen LogP contribution in [0.25, 0.3) is 6.08 Å². The number of pyridine rings is 1. The number of carbonyl (C=O) groups excluding carboxylic acids is 1. The van der Waals surface area contributed by atoms with E-state index in [1.54, 1.807) is 18.2 Å². The van der Waals surface area contributed by atoms with Crippen LogP contribution in [0.15, 0.2) is 23.2 Å². The van der Waals surface area contributed by atoms with Crippen LogP contribution in [-0.2, 0) is 0 Å². The molecular weight excluding hydrogens is 180 g/mol. The van der Waals surface area contributed by atoms with Gasteiger partial charge in [-0.15, -0.1) is 0 Å². The van der Waals surface area contributed by atoms with Crippen LogP contribution in [0.3, 0.4) is 0 Å². The maximum absolute atomic E-state index is 11.5. The van der Waals surface area contributed by atoms with Crippen LogP contribution >= 0.6 is 0 Å². The third kappa shape index (κ3) is 0.907. The van der Waals surface area contributed by atoms with Crippen LogP contribution in [0.5, 0.6) is 5.88 Å². The van der Waals surface area contributed by atoms with Crippen molar-refractivity contribution in [2.75, 3.05) is 6.73 Å². The van der Waals surface area contributed by atoms with Gasteiger partial charge >= 0.3 is 0 Å². The lowest BCUT2D eigenvalue weighted by atomic mass is 10.1. The van der Waals surface area contributed by atoms with Crippen molar-refractivity contribution in [1.29, 1.82) is 0 Å². The molecule has 1 aromatic rings. The van der Waals surface area contributed by atoms with E-state index in [0.29, 0.717) is 28.9 Å². The SMILES string of the molecule is O=C1C=CC=c2nc3c(cc21)=NCO3. The van der Waals surface area contributed by atoms with Gasteiger partial charge < -0.3 is 4.74 Å². The predicted octanol–water partition coefficient (Wildman–Crippen LogP) is -0.416. The Morgan fingerprint density at radius 3 is 3.29 bits per heavy atom. The third-order valence-corrected chi connectivity index (χ3v) is 2.20. The number of ketones is 1. The number of hydrogen-bond donors (Lipinski definition) is 0. The molecule has 0 spiro atoms. The number of allylic oxidation sites excluding steroid dienone is 2. The Morgan fingerprint density at radius 1 is 1.43 bits per heavy atom. The quantitative estimate of drug-likeness (QED) is 0.553. The Morgan fingerprint density at radius 2 is 2.36 bits per heavy atom. The second-order valence-corrected chi connectivity index (χ2v) is 3.07. The molecule has 1 aliphatic carbocycles. The fraction of sp³-hybridized carbons (Fsp3) is 0.100. The van der Waals surface area contributed by atoms with Crippen molar-refractivity contribution in [2.24, 2.45) is 4.99 Å². The predicted molar refractivity (Wildman–Crippen MR) is 48.4 cm³/mol. The minimum Gasteiger partial charge on any atom is -0.453 e. The van der Waals surface area contributed by atoms with Gasteiger partial charge in [0.05, 0.1) is 10.9 Å². The van der Waals surface area contributed by atoms with Crippen molar-refractivity contribution < 1.29 is 9.53 Å². The molecule has 3 rings (SSSR count). The number of hydrogen-bond acceptors (Lipinski definition) is 4. The molecule has 0 saturated carbocycles. The zero-order valence-electron chi connectivity index (χ0n) is 7.23. The van der Waals surface area contributed by atoms with Crippen molar-refractivity contribution in [3.8, 4) is 5.88 Å². The molecule has 14 heavy (non-hydrogen) atoms. The van der Waals surface area contributed by atoms with Crippen molar-refractivity contribution >= 4 is 11.9 Å². The van der Waals surface area contributed by atoms with Gasteiger partial charge in [-0.25, -0.2) is 9.98 Å². The maximum Gasteiger partial charge on any atom is 0.242 e. The Kier molecular flexibility index (Phi) is 1.33. The largest absolute Gasteiger partial charge is 0.453 e. The van der Waals surface area contributed by atoms with Crippen LogP contribution in [-0.4, -0.2) is 17.5 Å². The topological polar surface area (TPSA) is 51.5 Å². The highest BCUT2D eigenvalue weighted by molar-refractivity contribution is 6.06. The Labute approximate surface area is 79.3 Å². The molecule has 0 fully saturated rings. The number of carbonyl (C=O) groups is 1. The monoisotopic (exact) mass is 186 g/mol. The molecule has 0 bridgehead atoms. The number of ether oxygens (including phenoxy) is 1. The molecule has 0 N–H and O–H groups in total. The molecular formula is C10H6N2O2. The lowest BCUT2D eigenvalue weighted by Gasteiger charge is -2.01. The molecule has 4 heteroatoms.